The van der Waals surface area contributed by atoms with E-state index in [1.54, 1.807) is 14.0 Å². The number of carbonyl (C=O) groups excluding carboxylic acids is 1. The minimum atomic E-state index is -0.462. The number of aryl methyl sites for hydroxylation is 1. The molecule has 1 heterocycles. The van der Waals surface area contributed by atoms with Gasteiger partial charge in [0.2, 0.25) is 0 Å². The van der Waals surface area contributed by atoms with Crippen molar-refractivity contribution in [1.29, 1.82) is 0 Å². The highest BCUT2D eigenvalue weighted by molar-refractivity contribution is 7.78. The number of esters is 1. The van der Waals surface area contributed by atoms with Crippen molar-refractivity contribution < 1.29 is 9.53 Å². The van der Waals surface area contributed by atoms with E-state index in [0.717, 1.165) is 0 Å². The number of nitrogens with zero attached hydrogens (tertiary/aromatic N) is 3. The molecule has 0 atom stereocenters. The van der Waals surface area contributed by atoms with Crippen LogP contribution in [0.5, 0.6) is 0 Å². The minimum absolute atomic E-state index is 0.237. The maximum absolute atomic E-state index is 11.4. The van der Waals surface area contributed by atoms with Gasteiger partial charge in [-0.3, -0.25) is 0 Å². The van der Waals surface area contributed by atoms with E-state index in [4.69, 9.17) is 4.74 Å². The van der Waals surface area contributed by atoms with Gasteiger partial charge in [-0.15, -0.1) is 0 Å². The van der Waals surface area contributed by atoms with E-state index in [1.807, 2.05) is 0 Å². The van der Waals surface area contributed by atoms with Crippen molar-refractivity contribution in [3.63, 3.8) is 0 Å². The second kappa shape index (κ2) is 4.64. The third-order valence-electron chi connectivity index (χ3n) is 1.54. The third kappa shape index (κ3) is 2.04. The predicted octanol–water partition coefficient (Wildman–Crippen LogP) is 1.33. The van der Waals surface area contributed by atoms with E-state index in [9.17, 15) is 4.79 Å². The summed E-state index contributed by atoms with van der Waals surface area (Å²) in [4.78, 5) is 19.0. The third-order valence-corrected chi connectivity index (χ3v) is 1.63. The van der Waals surface area contributed by atoms with Crippen molar-refractivity contribution in [1.82, 2.24) is 9.55 Å². The fraction of sp³-hybridized carbons (Fsp3) is 0.375. The summed E-state index contributed by atoms with van der Waals surface area (Å²) in [6, 6.07) is 0. The standard InChI is InChI=1S/C8H9N3O2S/c1-3-13-8(12)6-7(10-5-14)9-4-11(6)2/h4H,3H2,1-2H3. The lowest BCUT2D eigenvalue weighted by molar-refractivity contribution is 0.0516. The number of carbonyl (C=O) groups is 1. The number of isothiocyanates is 1. The lowest BCUT2D eigenvalue weighted by atomic mass is 10.4. The SMILES string of the molecule is CCOC(=O)c1c(N=C=S)ncn1C. The van der Waals surface area contributed by atoms with Crippen LogP contribution in [0.2, 0.25) is 0 Å². The summed E-state index contributed by atoms with van der Waals surface area (Å²) < 4.78 is 6.36. The molecule has 14 heavy (non-hydrogen) atoms. The molecule has 0 radical (unpaired) electrons. The van der Waals surface area contributed by atoms with Gasteiger partial charge in [-0.25, -0.2) is 9.78 Å². The molecule has 1 aromatic heterocycles. The zero-order chi connectivity index (χ0) is 10.6. The van der Waals surface area contributed by atoms with Crippen LogP contribution in [0.3, 0.4) is 0 Å². The normalized spacial score (nSPS) is 9.29. The summed E-state index contributed by atoms with van der Waals surface area (Å²) in [6.45, 7) is 2.04. The van der Waals surface area contributed by atoms with Crippen LogP contribution in [0.4, 0.5) is 5.82 Å². The van der Waals surface area contributed by atoms with Gasteiger partial charge in [-0.1, -0.05) is 0 Å². The molecule has 0 aliphatic carbocycles. The van der Waals surface area contributed by atoms with Crippen LogP contribution in [-0.2, 0) is 11.8 Å². The zero-order valence-corrected chi connectivity index (χ0v) is 8.67. The van der Waals surface area contributed by atoms with Gasteiger partial charge in [0.05, 0.1) is 18.1 Å². The highest BCUT2D eigenvalue weighted by Crippen LogP contribution is 2.16. The molecular formula is C8H9N3O2S. The molecule has 0 amide bonds. The number of aromatic nitrogens is 2. The predicted molar refractivity (Wildman–Crippen MR) is 53.9 cm³/mol. The van der Waals surface area contributed by atoms with Crippen LogP contribution in [-0.4, -0.2) is 27.3 Å². The van der Waals surface area contributed by atoms with E-state index in [0.29, 0.717) is 6.61 Å². The van der Waals surface area contributed by atoms with E-state index in [-0.39, 0.29) is 11.5 Å². The Morgan fingerprint density at radius 2 is 2.57 bits per heavy atom. The van der Waals surface area contributed by atoms with Gasteiger partial charge in [-0.05, 0) is 19.1 Å². The molecule has 0 spiro atoms. The Bertz CT molecular complexity index is 393. The molecular weight excluding hydrogens is 202 g/mol. The number of hydrogen-bond donors (Lipinski definition) is 0. The topological polar surface area (TPSA) is 56.5 Å². The first kappa shape index (κ1) is 10.6. The van der Waals surface area contributed by atoms with Crippen LogP contribution >= 0.6 is 12.2 Å². The molecule has 0 saturated heterocycles. The van der Waals surface area contributed by atoms with E-state index in [1.165, 1.54) is 10.9 Å². The Labute approximate surface area is 86.4 Å². The Kier molecular flexibility index (Phi) is 3.50. The number of rotatable bonds is 3. The van der Waals surface area contributed by atoms with Crippen molar-refractivity contribution in [2.24, 2.45) is 12.0 Å². The largest absolute Gasteiger partial charge is 0.461 e. The van der Waals surface area contributed by atoms with Crippen molar-refractivity contribution in [3.8, 4) is 0 Å². The Morgan fingerprint density at radius 1 is 1.86 bits per heavy atom. The molecule has 0 saturated carbocycles. The quantitative estimate of drug-likeness (QED) is 0.430. The molecule has 1 aromatic rings. The molecule has 0 aliphatic rings. The molecule has 6 heteroatoms. The van der Waals surface area contributed by atoms with Gasteiger partial charge < -0.3 is 9.30 Å². The first-order valence-corrected chi connectivity index (χ1v) is 4.37. The fourth-order valence-corrected chi connectivity index (χ4v) is 1.06. The molecule has 0 aliphatic heterocycles. The van der Waals surface area contributed by atoms with Gasteiger partial charge in [0, 0.05) is 7.05 Å². The Morgan fingerprint density at radius 3 is 3.14 bits per heavy atom. The summed E-state index contributed by atoms with van der Waals surface area (Å²) >= 11 is 4.44. The van der Waals surface area contributed by atoms with Gasteiger partial charge in [0.15, 0.2) is 11.5 Å². The molecule has 74 valence electrons. The number of aliphatic imine (C=N–C) groups is 1. The van der Waals surface area contributed by atoms with Gasteiger partial charge in [-0.2, -0.15) is 4.99 Å². The molecule has 0 aromatic carbocycles. The fourth-order valence-electron chi connectivity index (χ4n) is 0.978. The smallest absolute Gasteiger partial charge is 0.358 e. The van der Waals surface area contributed by atoms with Gasteiger partial charge in [0.1, 0.15) is 0 Å². The summed E-state index contributed by atoms with van der Waals surface area (Å²) in [5, 5.41) is 2.16. The van der Waals surface area contributed by atoms with Crippen molar-refractivity contribution in [2.45, 2.75) is 6.92 Å². The maximum atomic E-state index is 11.4. The van der Waals surface area contributed by atoms with E-state index < -0.39 is 5.97 Å². The first-order chi connectivity index (χ1) is 6.70. The molecule has 0 fully saturated rings. The van der Waals surface area contributed by atoms with Crippen molar-refractivity contribution in [2.75, 3.05) is 6.61 Å². The van der Waals surface area contributed by atoms with E-state index >= 15 is 0 Å². The second-order valence-corrected chi connectivity index (χ2v) is 2.63. The van der Waals surface area contributed by atoms with Crippen LogP contribution in [0.15, 0.2) is 11.3 Å². The molecule has 1 rings (SSSR count). The molecule has 0 bridgehead atoms. The van der Waals surface area contributed by atoms with Crippen LogP contribution in [0, 0.1) is 0 Å². The summed E-state index contributed by atoms with van der Waals surface area (Å²) in [5.41, 5.74) is 0.282. The van der Waals surface area contributed by atoms with Crippen molar-refractivity contribution >= 4 is 29.2 Å². The van der Waals surface area contributed by atoms with Gasteiger partial charge in [0.25, 0.3) is 0 Å². The number of imidazole rings is 1. The van der Waals surface area contributed by atoms with Crippen LogP contribution in [0.25, 0.3) is 0 Å². The average Bonchev–Trinajstić information content (AvgIpc) is 2.48. The number of thiocarbonyl (C=S) groups is 1. The van der Waals surface area contributed by atoms with Gasteiger partial charge >= 0.3 is 5.97 Å². The minimum Gasteiger partial charge on any atom is -0.461 e. The van der Waals surface area contributed by atoms with Crippen LogP contribution < -0.4 is 0 Å². The molecule has 5 nitrogen and oxygen atoms in total. The second-order valence-electron chi connectivity index (χ2n) is 2.45. The summed E-state index contributed by atoms with van der Waals surface area (Å²) in [6.07, 6.45) is 1.47. The first-order valence-electron chi connectivity index (χ1n) is 3.97. The lowest BCUT2D eigenvalue weighted by Gasteiger charge is -2.01. The van der Waals surface area contributed by atoms with Crippen LogP contribution in [0.1, 0.15) is 17.4 Å². The highest BCUT2D eigenvalue weighted by Gasteiger charge is 2.17. The molecule has 0 unspecified atom stereocenters. The maximum Gasteiger partial charge on any atom is 0.358 e. The van der Waals surface area contributed by atoms with Crippen molar-refractivity contribution in [3.05, 3.63) is 12.0 Å². The highest BCUT2D eigenvalue weighted by atomic mass is 32.1. The Hall–Kier alpha value is -1.52. The zero-order valence-electron chi connectivity index (χ0n) is 7.85. The lowest BCUT2D eigenvalue weighted by Crippen LogP contribution is -2.09. The van der Waals surface area contributed by atoms with E-state index in [2.05, 4.69) is 27.4 Å². The Balaban J connectivity index is 3.10. The molecule has 0 N–H and O–H groups in total. The summed E-state index contributed by atoms with van der Waals surface area (Å²) in [7, 11) is 1.68. The number of ether oxygens (including phenoxy) is 1. The monoisotopic (exact) mass is 211 g/mol. The summed E-state index contributed by atoms with van der Waals surface area (Å²) in [5.74, 6) is -0.225. The average molecular weight is 211 g/mol. The number of hydrogen-bond acceptors (Lipinski definition) is 5.